The molecule has 1 aromatic heterocycles. The average molecular weight is 341 g/mol. The van der Waals surface area contributed by atoms with Gasteiger partial charge in [0.05, 0.1) is 12.2 Å². The summed E-state index contributed by atoms with van der Waals surface area (Å²) in [7, 11) is 0. The van der Waals surface area contributed by atoms with Gasteiger partial charge in [0, 0.05) is 12.1 Å². The first-order valence-corrected chi connectivity index (χ1v) is 9.00. The molecule has 132 valence electrons. The van der Waals surface area contributed by atoms with Gasteiger partial charge in [-0.25, -0.2) is 0 Å². The number of carbonyl (C=O) groups is 1. The molecule has 25 heavy (non-hydrogen) atoms. The molecule has 0 saturated heterocycles. The maximum Gasteiger partial charge on any atom is 0.231 e. The number of nitrogens with zero attached hydrogens (tertiary/aromatic N) is 1. The molecule has 0 bridgehead atoms. The Hall–Kier alpha value is -2.50. The normalized spacial score (nSPS) is 15.5. The number of nitrogens with one attached hydrogen (secondary N) is 2. The highest BCUT2D eigenvalue weighted by molar-refractivity contribution is 5.76. The van der Waals surface area contributed by atoms with E-state index in [1.807, 2.05) is 18.2 Å². The van der Waals surface area contributed by atoms with Gasteiger partial charge in [-0.3, -0.25) is 9.89 Å². The summed E-state index contributed by atoms with van der Waals surface area (Å²) in [5.41, 5.74) is 4.64. The highest BCUT2D eigenvalue weighted by atomic mass is 16.7. The van der Waals surface area contributed by atoms with E-state index in [2.05, 4.69) is 15.5 Å². The maximum absolute atomic E-state index is 12.2. The number of H-pyrrole nitrogens is 1. The molecule has 0 saturated carbocycles. The fourth-order valence-electron chi connectivity index (χ4n) is 3.50. The molecular weight excluding hydrogens is 318 g/mol. The molecule has 0 spiro atoms. The average Bonchev–Trinajstić information content (AvgIpc) is 3.18. The molecule has 2 aliphatic rings. The molecule has 1 aliphatic heterocycles. The summed E-state index contributed by atoms with van der Waals surface area (Å²) in [6.07, 6.45) is 6.96. The van der Waals surface area contributed by atoms with Crippen molar-refractivity contribution in [2.45, 2.75) is 51.5 Å². The summed E-state index contributed by atoms with van der Waals surface area (Å²) in [6.45, 7) is 0.777. The van der Waals surface area contributed by atoms with Gasteiger partial charge in [0.15, 0.2) is 11.5 Å². The van der Waals surface area contributed by atoms with E-state index >= 15 is 0 Å². The van der Waals surface area contributed by atoms with Crippen molar-refractivity contribution in [1.82, 2.24) is 15.5 Å². The minimum absolute atomic E-state index is 0.0445. The second-order valence-electron chi connectivity index (χ2n) is 6.65. The Morgan fingerprint density at radius 3 is 3.00 bits per heavy atom. The van der Waals surface area contributed by atoms with Crippen LogP contribution in [0.4, 0.5) is 0 Å². The van der Waals surface area contributed by atoms with Crippen LogP contribution in [0.25, 0.3) is 0 Å². The number of aryl methyl sites for hydroxylation is 2. The molecule has 0 atom stereocenters. The van der Waals surface area contributed by atoms with E-state index in [-0.39, 0.29) is 12.7 Å². The van der Waals surface area contributed by atoms with Crippen molar-refractivity contribution in [3.8, 4) is 11.5 Å². The van der Waals surface area contributed by atoms with Crippen molar-refractivity contribution in [3.63, 3.8) is 0 Å². The number of hydrogen-bond acceptors (Lipinski definition) is 4. The smallest absolute Gasteiger partial charge is 0.231 e. The topological polar surface area (TPSA) is 76.2 Å². The summed E-state index contributed by atoms with van der Waals surface area (Å²) < 4.78 is 10.7. The summed E-state index contributed by atoms with van der Waals surface area (Å²) in [4.78, 5) is 12.2. The molecule has 1 amide bonds. The number of benzene rings is 1. The van der Waals surface area contributed by atoms with Gasteiger partial charge in [0.25, 0.3) is 0 Å². The maximum atomic E-state index is 12.2. The third kappa shape index (κ3) is 3.62. The van der Waals surface area contributed by atoms with E-state index in [4.69, 9.17) is 9.47 Å². The van der Waals surface area contributed by atoms with Gasteiger partial charge in [0.1, 0.15) is 0 Å². The molecule has 2 N–H and O–H groups in total. The number of amides is 1. The zero-order valence-corrected chi connectivity index (χ0v) is 14.3. The lowest BCUT2D eigenvalue weighted by molar-refractivity contribution is -0.121. The first-order chi connectivity index (χ1) is 12.3. The Morgan fingerprint density at radius 2 is 2.04 bits per heavy atom. The Balaban J connectivity index is 1.29. The van der Waals surface area contributed by atoms with Crippen LogP contribution in [-0.2, 0) is 30.6 Å². The van der Waals surface area contributed by atoms with Crippen LogP contribution in [-0.4, -0.2) is 22.9 Å². The first kappa shape index (κ1) is 16.0. The number of carbonyl (C=O) groups excluding carboxylic acids is 1. The molecule has 0 radical (unpaired) electrons. The van der Waals surface area contributed by atoms with Crippen LogP contribution in [0.3, 0.4) is 0 Å². The molecule has 0 unspecified atom stereocenters. The number of fused-ring (bicyclic) bond motifs is 2. The highest BCUT2D eigenvalue weighted by Gasteiger charge is 2.16. The largest absolute Gasteiger partial charge is 0.454 e. The van der Waals surface area contributed by atoms with E-state index in [9.17, 15) is 4.79 Å². The van der Waals surface area contributed by atoms with Crippen molar-refractivity contribution in [3.05, 3.63) is 40.7 Å². The van der Waals surface area contributed by atoms with Gasteiger partial charge in [-0.05, 0) is 55.4 Å². The van der Waals surface area contributed by atoms with Gasteiger partial charge in [-0.15, -0.1) is 0 Å². The van der Waals surface area contributed by atoms with Crippen molar-refractivity contribution < 1.29 is 14.3 Å². The van der Waals surface area contributed by atoms with Crippen LogP contribution >= 0.6 is 0 Å². The fourth-order valence-corrected chi connectivity index (χ4v) is 3.50. The van der Waals surface area contributed by atoms with Gasteiger partial charge < -0.3 is 14.8 Å². The lowest BCUT2D eigenvalue weighted by Crippen LogP contribution is -2.23. The fraction of sp³-hybridized carbons (Fsp3) is 0.474. The number of rotatable bonds is 5. The second kappa shape index (κ2) is 7.17. The second-order valence-corrected chi connectivity index (χ2v) is 6.65. The molecule has 6 nitrogen and oxygen atoms in total. The molecule has 4 rings (SSSR count). The van der Waals surface area contributed by atoms with E-state index in [0.29, 0.717) is 19.4 Å². The summed E-state index contributed by atoms with van der Waals surface area (Å²) >= 11 is 0. The Kier molecular flexibility index (Phi) is 4.59. The predicted molar refractivity (Wildman–Crippen MR) is 92.6 cm³/mol. The quantitative estimate of drug-likeness (QED) is 0.820. The summed E-state index contributed by atoms with van der Waals surface area (Å²) in [6, 6.07) is 5.83. The Morgan fingerprint density at radius 1 is 1.16 bits per heavy atom. The third-order valence-corrected chi connectivity index (χ3v) is 4.92. The lowest BCUT2D eigenvalue weighted by Gasteiger charge is -2.06. The monoisotopic (exact) mass is 341 g/mol. The minimum Gasteiger partial charge on any atom is -0.454 e. The zero-order valence-electron chi connectivity index (χ0n) is 14.3. The van der Waals surface area contributed by atoms with Gasteiger partial charge in [-0.1, -0.05) is 12.5 Å². The summed E-state index contributed by atoms with van der Waals surface area (Å²) in [5.74, 6) is 1.58. The van der Waals surface area contributed by atoms with Gasteiger partial charge in [-0.2, -0.15) is 5.10 Å². The molecule has 0 fully saturated rings. The molecule has 1 aromatic carbocycles. The van der Waals surface area contributed by atoms with Crippen molar-refractivity contribution in [2.75, 3.05) is 6.79 Å². The van der Waals surface area contributed by atoms with Crippen LogP contribution in [0.15, 0.2) is 18.2 Å². The van der Waals surface area contributed by atoms with E-state index < -0.39 is 0 Å². The number of aromatic amines is 1. The van der Waals surface area contributed by atoms with Crippen molar-refractivity contribution in [1.29, 1.82) is 0 Å². The van der Waals surface area contributed by atoms with Crippen molar-refractivity contribution in [2.24, 2.45) is 0 Å². The van der Waals surface area contributed by atoms with Crippen LogP contribution < -0.4 is 14.8 Å². The van der Waals surface area contributed by atoms with E-state index in [0.717, 1.165) is 35.6 Å². The highest BCUT2D eigenvalue weighted by Crippen LogP contribution is 2.32. The molecular formula is C19H23N3O3. The van der Waals surface area contributed by atoms with E-state index in [1.54, 1.807) is 0 Å². The van der Waals surface area contributed by atoms with Crippen LogP contribution in [0.1, 0.15) is 48.2 Å². The Bertz CT molecular complexity index is 769. The first-order valence-electron chi connectivity index (χ1n) is 9.00. The summed E-state index contributed by atoms with van der Waals surface area (Å²) in [5, 5.41) is 10.5. The molecule has 2 aromatic rings. The lowest BCUT2D eigenvalue weighted by atomic mass is 10.1. The minimum atomic E-state index is 0.0445. The molecule has 1 aliphatic carbocycles. The number of aromatic nitrogens is 2. The molecule has 6 heteroatoms. The third-order valence-electron chi connectivity index (χ3n) is 4.92. The predicted octanol–water partition coefficient (Wildman–Crippen LogP) is 2.66. The number of hydrogen-bond donors (Lipinski definition) is 2. The van der Waals surface area contributed by atoms with Crippen LogP contribution in [0.5, 0.6) is 11.5 Å². The molecule has 2 heterocycles. The number of ether oxygens (including phenoxy) is 2. The van der Waals surface area contributed by atoms with Gasteiger partial charge in [0.2, 0.25) is 12.7 Å². The SMILES string of the molecule is O=C(CCc1ccc2c(c1)OCO2)NCc1n[nH]c2c1CCCCC2. The Labute approximate surface area is 146 Å². The van der Waals surface area contributed by atoms with Crippen LogP contribution in [0.2, 0.25) is 0 Å². The van der Waals surface area contributed by atoms with E-state index in [1.165, 1.54) is 30.5 Å². The zero-order chi connectivity index (χ0) is 17.1. The van der Waals surface area contributed by atoms with Gasteiger partial charge >= 0.3 is 0 Å². The standard InChI is InChI=1S/C19H23N3O3/c23-19(9-7-13-6-8-17-18(10-13)25-12-24-17)20-11-16-14-4-2-1-3-5-15(14)21-22-16/h6,8,10H,1-5,7,9,11-12H2,(H,20,23)(H,21,22). The van der Waals surface area contributed by atoms with Crippen molar-refractivity contribution >= 4 is 5.91 Å². The van der Waals surface area contributed by atoms with Crippen LogP contribution in [0, 0.1) is 0 Å².